The number of amides is 2. The molecule has 4 heterocycles. The molecule has 4 aromatic carbocycles. The van der Waals surface area contributed by atoms with Crippen LogP contribution in [0.2, 0.25) is 0 Å². The average Bonchev–Trinajstić information content (AvgIpc) is 1.63. The van der Waals surface area contributed by atoms with Gasteiger partial charge in [0.05, 0.1) is 6.61 Å². The molecule has 0 radical (unpaired) electrons. The Balaban J connectivity index is 0.000000309. The summed E-state index contributed by atoms with van der Waals surface area (Å²) in [4.78, 5) is 168. The standard InChI is InChI=1S/C33H35N3O14.C32H35N3O13.CH4/c1-4-44-30(40)24(35-32(42)45-17-21-11-7-5-8-12-21)25(50-33(43)46-18-22-13-9-6-10-14-22)26-27(47-19(2)37)28(48-20(3)38)29(49-26)36-16-15-23(39)34-31(36)41;1-4-42-28(34-31(40)43-17-21-11-7-5-8-12-21)26(48-32(41)44-18-22-13-9-6-10-14-22)24-25(45-19(2)36)27(46-20(3)37)29(47-24)35-16-15-23(38)33-30(35)39;/h5-16,24-29H,4,17-18H2,1-3H3,(H,35,42)(H,34,39,41);5-16,24-29H,4,17-18H2,1-3H3,(H,34,40)(H,33,38,39);1H4/t24-,25-,26-,27-,28-,29+;24-,25+,26-,27+,28-,29+;/m10./s1. The van der Waals surface area contributed by atoms with Gasteiger partial charge in [-0.15, -0.1) is 0 Å². The van der Waals surface area contributed by atoms with E-state index in [4.69, 9.17) is 66.3 Å². The minimum absolute atomic E-state index is 0. The third-order valence-corrected chi connectivity index (χ3v) is 13.9. The van der Waals surface area contributed by atoms with E-state index in [2.05, 4.69) is 15.6 Å². The second-order valence-corrected chi connectivity index (χ2v) is 21.0. The van der Waals surface area contributed by atoms with Gasteiger partial charge in [-0.25, -0.2) is 33.6 Å². The lowest BCUT2D eigenvalue weighted by atomic mass is 9.98. The number of aromatic amines is 2. The quantitative estimate of drug-likeness (QED) is 0.0321. The van der Waals surface area contributed by atoms with Crippen LogP contribution in [0.15, 0.2) is 165 Å². The number of carbonyl (C=O) groups excluding carboxylic acids is 9. The molecule has 8 rings (SSSR count). The molecule has 530 valence electrons. The first-order chi connectivity index (χ1) is 47.0. The average molecular weight is 1380 g/mol. The molecule has 2 aromatic heterocycles. The van der Waals surface area contributed by atoms with Crippen molar-refractivity contribution in [1.29, 1.82) is 0 Å². The molecule has 2 fully saturated rings. The largest absolute Gasteiger partial charge is 0.509 e. The summed E-state index contributed by atoms with van der Waals surface area (Å²) in [6, 6.07) is 34.7. The van der Waals surface area contributed by atoms with Crippen molar-refractivity contribution in [2.75, 3.05) is 13.2 Å². The molecule has 2 aliphatic heterocycles. The highest BCUT2D eigenvalue weighted by atomic mass is 16.8. The summed E-state index contributed by atoms with van der Waals surface area (Å²) in [7, 11) is 0. The SMILES string of the molecule is C.CCOC(=O)[C@H](NC(=O)OCc1ccccc1)[C@@H](OC(=O)OCc1ccccc1)[C@H]1O[C@H](n2ccc(=O)[nH]c2=O)[C@H](OC(C)=O)[C@@H]1OC(C)=O.CCO[C@H](NC(=O)OCc1ccccc1)[C@@H](OC(=O)OCc1ccccc1)[C@H]1O[C@@H](n2ccc(=O)[nH]c2=O)[C@H](OC(C)=O)[C@@H]1OC(C)=O. The number of nitrogens with one attached hydrogen (secondary N) is 4. The van der Waals surface area contributed by atoms with E-state index in [9.17, 15) is 62.3 Å². The van der Waals surface area contributed by atoms with Crippen molar-refractivity contribution in [1.82, 2.24) is 29.7 Å². The molecule has 0 saturated carbocycles. The van der Waals surface area contributed by atoms with Gasteiger partial charge in [-0.1, -0.05) is 129 Å². The van der Waals surface area contributed by atoms with Crippen molar-refractivity contribution in [3.05, 3.63) is 210 Å². The minimum atomic E-state index is -1.95. The number of carbonyl (C=O) groups is 9. The first-order valence-electron chi connectivity index (χ1n) is 30.1. The summed E-state index contributed by atoms with van der Waals surface area (Å²) in [6.45, 7) is 6.27. The van der Waals surface area contributed by atoms with E-state index >= 15 is 0 Å². The maximum atomic E-state index is 13.5. The van der Waals surface area contributed by atoms with Crippen LogP contribution in [-0.2, 0) is 117 Å². The fourth-order valence-electron chi connectivity index (χ4n) is 9.87. The number of rotatable bonds is 26. The van der Waals surface area contributed by atoms with Crippen LogP contribution in [0, 0.1) is 0 Å². The Bertz CT molecular complexity index is 3930. The molecule has 0 bridgehead atoms. The number of ether oxygens (including phenoxy) is 14. The van der Waals surface area contributed by atoms with Gasteiger partial charge >= 0.3 is 65.7 Å². The molecule has 0 unspecified atom stereocenters. The lowest BCUT2D eigenvalue weighted by molar-refractivity contribution is -0.172. The molecule has 12 atom stereocenters. The number of hydrogen-bond donors (Lipinski definition) is 4. The van der Waals surface area contributed by atoms with Gasteiger partial charge < -0.3 is 71.6 Å². The van der Waals surface area contributed by atoms with Crippen LogP contribution in [0.25, 0.3) is 0 Å². The Morgan fingerprint density at radius 2 is 0.788 bits per heavy atom. The predicted octanol–water partition coefficient (Wildman–Crippen LogP) is 4.82. The number of esters is 5. The molecule has 0 spiro atoms. The highest BCUT2D eigenvalue weighted by Gasteiger charge is 2.59. The first kappa shape index (κ1) is 76.6. The van der Waals surface area contributed by atoms with Gasteiger partial charge in [0.15, 0.2) is 61.3 Å². The lowest BCUT2D eigenvalue weighted by Crippen LogP contribution is -2.58. The highest BCUT2D eigenvalue weighted by molar-refractivity contribution is 5.82. The molecule has 33 heteroatoms. The van der Waals surface area contributed by atoms with E-state index in [0.717, 1.165) is 61.4 Å². The van der Waals surface area contributed by atoms with Gasteiger partial charge in [0.2, 0.25) is 0 Å². The minimum Gasteiger partial charge on any atom is -0.464 e. The van der Waals surface area contributed by atoms with Crippen LogP contribution in [0.1, 0.15) is 83.7 Å². The number of H-pyrrole nitrogens is 2. The summed E-state index contributed by atoms with van der Waals surface area (Å²) < 4.78 is 79.3. The van der Waals surface area contributed by atoms with E-state index in [0.29, 0.717) is 22.3 Å². The first-order valence-corrected chi connectivity index (χ1v) is 30.1. The van der Waals surface area contributed by atoms with Crippen molar-refractivity contribution in [3.8, 4) is 0 Å². The van der Waals surface area contributed by atoms with E-state index in [1.807, 2.05) is 4.98 Å². The number of benzene rings is 4. The highest BCUT2D eigenvalue weighted by Crippen LogP contribution is 2.39. The maximum absolute atomic E-state index is 13.5. The van der Waals surface area contributed by atoms with Crippen molar-refractivity contribution < 1.29 is 109 Å². The molecule has 4 N–H and O–H groups in total. The second-order valence-electron chi connectivity index (χ2n) is 21.0. The van der Waals surface area contributed by atoms with Gasteiger partial charge in [0, 0.05) is 58.8 Å². The summed E-state index contributed by atoms with van der Waals surface area (Å²) in [5, 5.41) is 4.81. The monoisotopic (exact) mass is 1380 g/mol. The Labute approximate surface area is 563 Å². The van der Waals surface area contributed by atoms with E-state index in [1.165, 1.54) is 6.92 Å². The maximum Gasteiger partial charge on any atom is 0.509 e. The van der Waals surface area contributed by atoms with Gasteiger partial charge in [0.1, 0.15) is 38.6 Å². The summed E-state index contributed by atoms with van der Waals surface area (Å²) in [6.07, 6.45) is -20.6. The molecule has 2 saturated heterocycles. The van der Waals surface area contributed by atoms with Crippen LogP contribution in [-0.4, -0.2) is 148 Å². The number of nitrogens with zero attached hydrogens (tertiary/aromatic N) is 2. The molecule has 0 aliphatic carbocycles. The topological polar surface area (TPSA) is 417 Å². The number of alkyl carbamates (subject to hydrolysis) is 2. The Kier molecular flexibility index (Phi) is 29.2. The molecule has 99 heavy (non-hydrogen) atoms. The Morgan fingerprint density at radius 1 is 0.444 bits per heavy atom. The second kappa shape index (κ2) is 37.7. The number of aromatic nitrogens is 4. The van der Waals surface area contributed by atoms with Crippen LogP contribution < -0.4 is 33.1 Å². The third kappa shape index (κ3) is 22.9. The number of hydrogen-bond acceptors (Lipinski definition) is 27. The lowest BCUT2D eigenvalue weighted by Gasteiger charge is -2.32. The molecule has 6 aromatic rings. The van der Waals surface area contributed by atoms with Gasteiger partial charge in [-0.3, -0.25) is 53.2 Å². The van der Waals surface area contributed by atoms with E-state index < -0.39 is 150 Å². The Morgan fingerprint density at radius 3 is 1.14 bits per heavy atom. The predicted molar refractivity (Wildman–Crippen MR) is 338 cm³/mol. The molecular formula is C66H74N6O27. The van der Waals surface area contributed by atoms with Crippen molar-refractivity contribution in [3.63, 3.8) is 0 Å². The normalized spacial score (nSPS) is 19.3. The molecule has 2 amide bonds. The fraction of sp³-hybridized carbons (Fsp3) is 0.379. The Hall–Kier alpha value is -11.5. The molecule has 2 aliphatic rings. The van der Waals surface area contributed by atoms with E-state index in [1.54, 1.807) is 128 Å². The van der Waals surface area contributed by atoms with Gasteiger partial charge in [-0.2, -0.15) is 0 Å². The zero-order valence-electron chi connectivity index (χ0n) is 53.4. The van der Waals surface area contributed by atoms with Crippen molar-refractivity contribution >= 4 is 54.3 Å². The summed E-state index contributed by atoms with van der Waals surface area (Å²) >= 11 is 0. The van der Waals surface area contributed by atoms with E-state index in [-0.39, 0.29) is 47.1 Å². The third-order valence-electron chi connectivity index (χ3n) is 13.9. The van der Waals surface area contributed by atoms with Gasteiger partial charge in [0.25, 0.3) is 11.1 Å². The zero-order chi connectivity index (χ0) is 70.8. The van der Waals surface area contributed by atoms with Crippen LogP contribution in [0.3, 0.4) is 0 Å². The zero-order valence-corrected chi connectivity index (χ0v) is 53.4. The van der Waals surface area contributed by atoms with Crippen molar-refractivity contribution in [2.45, 2.75) is 149 Å². The van der Waals surface area contributed by atoms with Crippen LogP contribution in [0.4, 0.5) is 19.2 Å². The molecular weight excluding hydrogens is 1310 g/mol. The summed E-state index contributed by atoms with van der Waals surface area (Å²) in [5.41, 5.74) is -0.926. The smallest absolute Gasteiger partial charge is 0.464 e. The van der Waals surface area contributed by atoms with Crippen molar-refractivity contribution in [2.24, 2.45) is 0 Å². The van der Waals surface area contributed by atoms with Crippen LogP contribution in [0.5, 0.6) is 0 Å². The van der Waals surface area contributed by atoms with Gasteiger partial charge in [-0.05, 0) is 36.1 Å². The molecule has 33 nitrogen and oxygen atoms in total. The van der Waals surface area contributed by atoms with Crippen LogP contribution >= 0.6 is 0 Å². The fourth-order valence-corrected chi connectivity index (χ4v) is 9.87. The summed E-state index contributed by atoms with van der Waals surface area (Å²) in [5.74, 6) is -4.66.